The smallest absolute Gasteiger partial charge is 0.229 e. The number of halogens is 1. The van der Waals surface area contributed by atoms with Crippen molar-refractivity contribution in [3.05, 3.63) is 48.7 Å². The Labute approximate surface area is 255 Å². The van der Waals surface area contributed by atoms with E-state index >= 15 is 4.39 Å². The second-order valence-electron chi connectivity index (χ2n) is 10.4. The van der Waals surface area contributed by atoms with Gasteiger partial charge in [-0.05, 0) is 45.2 Å². The molecular weight excluding hydrogens is 584 g/mol. The van der Waals surface area contributed by atoms with Gasteiger partial charge in [-0.3, -0.25) is 14.7 Å². The topological polar surface area (TPSA) is 131 Å². The van der Waals surface area contributed by atoms with Gasteiger partial charge in [-0.2, -0.15) is 10.1 Å². The number of nitrogens with zero attached hydrogens (tertiary/aromatic N) is 7. The highest BCUT2D eigenvalue weighted by atomic mass is 31.2. The fraction of sp³-hybridized carbons (Fsp3) is 0.300. The van der Waals surface area contributed by atoms with Crippen LogP contribution in [0.15, 0.2) is 52.8 Å². The standard InChI is InChI=1S/C30H35FN9O3P/c1-7-33-27-22(32-2)8-9-23(28(27)44(5,6)41)36-29-21(31)17-34-30(38-29)37-24-14-20(19-16-35-39(3)18-19)25(15-26(24)42-4)40-10-12-43-13-11-40/h7-9,14-18H,2,10-13H2,1,3-6H3,(H2,34,36,37,38). The predicted octanol–water partition coefficient (Wildman–Crippen LogP) is 5.65. The number of hydrogen-bond donors (Lipinski definition) is 2. The number of anilines is 5. The molecule has 1 fully saturated rings. The highest BCUT2D eigenvalue weighted by Gasteiger charge is 2.25. The molecule has 1 aliphatic heterocycles. The van der Waals surface area contributed by atoms with Crippen molar-refractivity contribution < 1.29 is 18.4 Å². The van der Waals surface area contributed by atoms with Crippen molar-refractivity contribution in [1.29, 1.82) is 0 Å². The summed E-state index contributed by atoms with van der Waals surface area (Å²) in [4.78, 5) is 19.3. The number of aromatic nitrogens is 4. The van der Waals surface area contributed by atoms with E-state index in [2.05, 4.69) is 47.3 Å². The van der Waals surface area contributed by atoms with Gasteiger partial charge in [0, 0.05) is 55.4 Å². The SMILES string of the molecule is C=Nc1ccc(Nc2nc(Nc3cc(-c4cnn(C)c4)c(N4CCOCC4)cc3OC)ncc2F)c(P(C)(C)=O)c1N=CC. The lowest BCUT2D eigenvalue weighted by molar-refractivity contribution is 0.122. The molecule has 0 atom stereocenters. The van der Waals surface area contributed by atoms with Gasteiger partial charge < -0.3 is 29.6 Å². The molecular formula is C30H35FN9O3P. The fourth-order valence-corrected chi connectivity index (χ4v) is 6.45. The predicted molar refractivity (Wildman–Crippen MR) is 175 cm³/mol. The number of rotatable bonds is 10. The second kappa shape index (κ2) is 12.9. The van der Waals surface area contributed by atoms with Gasteiger partial charge in [-0.15, -0.1) is 0 Å². The Bertz CT molecular complexity index is 1760. The molecule has 1 aliphatic rings. The molecule has 0 aliphatic carbocycles. The molecule has 0 amide bonds. The summed E-state index contributed by atoms with van der Waals surface area (Å²) in [6.07, 6.45) is 6.38. The molecule has 4 aromatic rings. The molecule has 44 heavy (non-hydrogen) atoms. The van der Waals surface area contributed by atoms with Crippen LogP contribution in [0.1, 0.15) is 6.92 Å². The minimum absolute atomic E-state index is 0.112. The Hall–Kier alpha value is -4.61. The van der Waals surface area contributed by atoms with E-state index in [-0.39, 0.29) is 11.8 Å². The van der Waals surface area contributed by atoms with Gasteiger partial charge in [0.25, 0.3) is 0 Å². The quantitative estimate of drug-likeness (QED) is 0.171. The van der Waals surface area contributed by atoms with Gasteiger partial charge in [0.2, 0.25) is 5.95 Å². The lowest BCUT2D eigenvalue weighted by Crippen LogP contribution is -2.36. The van der Waals surface area contributed by atoms with Crippen LogP contribution in [0.25, 0.3) is 11.1 Å². The molecule has 1 saturated heterocycles. The molecule has 0 saturated carbocycles. The number of benzene rings is 2. The van der Waals surface area contributed by atoms with Crippen LogP contribution in [0.4, 0.5) is 44.6 Å². The molecule has 2 aromatic heterocycles. The van der Waals surface area contributed by atoms with Crippen molar-refractivity contribution in [2.75, 3.05) is 62.3 Å². The number of aryl methyl sites for hydroxylation is 1. The minimum Gasteiger partial charge on any atom is -0.494 e. The van der Waals surface area contributed by atoms with E-state index in [1.54, 1.807) is 56.6 Å². The zero-order valence-electron chi connectivity index (χ0n) is 25.3. The number of ether oxygens (including phenoxy) is 2. The molecule has 0 radical (unpaired) electrons. The summed E-state index contributed by atoms with van der Waals surface area (Å²) in [5, 5.41) is 11.0. The molecule has 230 valence electrons. The molecule has 2 aromatic carbocycles. The van der Waals surface area contributed by atoms with Crippen LogP contribution in [0, 0.1) is 5.82 Å². The average Bonchev–Trinajstić information content (AvgIpc) is 3.44. The van der Waals surface area contributed by atoms with E-state index in [9.17, 15) is 4.57 Å². The van der Waals surface area contributed by atoms with Gasteiger partial charge in [0.1, 0.15) is 18.6 Å². The third-order valence-corrected chi connectivity index (χ3v) is 8.56. The van der Waals surface area contributed by atoms with Crippen LogP contribution in [-0.2, 0) is 16.3 Å². The number of hydrogen-bond acceptors (Lipinski definition) is 11. The Morgan fingerprint density at radius 3 is 2.57 bits per heavy atom. The maximum atomic E-state index is 15.1. The van der Waals surface area contributed by atoms with Crippen LogP contribution < -0.4 is 25.6 Å². The number of methoxy groups -OCH3 is 1. The Balaban J connectivity index is 1.55. The number of morpholine rings is 1. The fourth-order valence-electron chi connectivity index (χ4n) is 5.06. The van der Waals surface area contributed by atoms with Crippen molar-refractivity contribution in [2.45, 2.75) is 6.92 Å². The van der Waals surface area contributed by atoms with Crippen LogP contribution in [0.2, 0.25) is 0 Å². The molecule has 0 unspecified atom stereocenters. The van der Waals surface area contributed by atoms with E-state index in [0.717, 1.165) is 36.1 Å². The third-order valence-electron chi connectivity index (χ3n) is 7.03. The number of aliphatic imine (C=N–C) groups is 2. The van der Waals surface area contributed by atoms with E-state index < -0.39 is 13.0 Å². The van der Waals surface area contributed by atoms with E-state index in [4.69, 9.17) is 9.47 Å². The highest BCUT2D eigenvalue weighted by molar-refractivity contribution is 7.70. The summed E-state index contributed by atoms with van der Waals surface area (Å²) in [5.74, 6) is -0.131. The van der Waals surface area contributed by atoms with Gasteiger partial charge in [0.15, 0.2) is 11.6 Å². The third kappa shape index (κ3) is 6.48. The normalized spacial score (nSPS) is 13.7. The highest BCUT2D eigenvalue weighted by Crippen LogP contribution is 2.46. The first-order valence-corrected chi connectivity index (χ1v) is 16.5. The molecule has 14 heteroatoms. The minimum atomic E-state index is -2.92. The molecule has 12 nitrogen and oxygen atoms in total. The zero-order chi connectivity index (χ0) is 31.4. The van der Waals surface area contributed by atoms with Crippen LogP contribution in [0.3, 0.4) is 0 Å². The van der Waals surface area contributed by atoms with E-state index in [0.29, 0.717) is 47.0 Å². The Kier molecular flexibility index (Phi) is 9.07. The molecule has 2 N–H and O–H groups in total. The summed E-state index contributed by atoms with van der Waals surface area (Å²) in [5.41, 5.74) is 4.66. The van der Waals surface area contributed by atoms with Gasteiger partial charge in [0.05, 0.1) is 55.1 Å². The first kappa shape index (κ1) is 30.8. The van der Waals surface area contributed by atoms with Crippen molar-refractivity contribution in [2.24, 2.45) is 17.0 Å². The first-order valence-electron chi connectivity index (χ1n) is 13.9. The summed E-state index contributed by atoms with van der Waals surface area (Å²) < 4.78 is 41.6. The van der Waals surface area contributed by atoms with Gasteiger partial charge in [-0.1, -0.05) is 0 Å². The lowest BCUT2D eigenvalue weighted by atomic mass is 10.0. The van der Waals surface area contributed by atoms with E-state index in [1.807, 2.05) is 25.4 Å². The van der Waals surface area contributed by atoms with Crippen LogP contribution >= 0.6 is 7.14 Å². The monoisotopic (exact) mass is 619 g/mol. The van der Waals surface area contributed by atoms with Crippen LogP contribution in [0.5, 0.6) is 5.75 Å². The van der Waals surface area contributed by atoms with Crippen molar-refractivity contribution in [3.8, 4) is 16.9 Å². The molecule has 5 rings (SSSR count). The van der Waals surface area contributed by atoms with Crippen molar-refractivity contribution in [3.63, 3.8) is 0 Å². The van der Waals surface area contributed by atoms with Gasteiger partial charge >= 0.3 is 0 Å². The lowest BCUT2D eigenvalue weighted by Gasteiger charge is -2.31. The van der Waals surface area contributed by atoms with Crippen molar-refractivity contribution in [1.82, 2.24) is 19.7 Å². The summed E-state index contributed by atoms with van der Waals surface area (Å²) in [6, 6.07) is 7.24. The Morgan fingerprint density at radius 2 is 1.93 bits per heavy atom. The second-order valence-corrected chi connectivity index (χ2v) is 13.6. The van der Waals surface area contributed by atoms with Crippen LogP contribution in [-0.4, -0.2) is 79.4 Å². The maximum absolute atomic E-state index is 15.1. The first-order chi connectivity index (χ1) is 21.1. The number of nitrogens with one attached hydrogen (secondary N) is 2. The summed E-state index contributed by atoms with van der Waals surface area (Å²) in [6.45, 7) is 11.3. The largest absolute Gasteiger partial charge is 0.494 e. The van der Waals surface area contributed by atoms with E-state index in [1.165, 1.54) is 0 Å². The average molecular weight is 620 g/mol. The summed E-state index contributed by atoms with van der Waals surface area (Å²) in [7, 11) is 0.523. The summed E-state index contributed by atoms with van der Waals surface area (Å²) >= 11 is 0. The maximum Gasteiger partial charge on any atom is 0.229 e. The Morgan fingerprint density at radius 1 is 1.16 bits per heavy atom. The van der Waals surface area contributed by atoms with Crippen molar-refractivity contribution >= 4 is 65.6 Å². The molecule has 3 heterocycles. The molecule has 0 spiro atoms. The van der Waals surface area contributed by atoms with Gasteiger partial charge in [-0.25, -0.2) is 9.37 Å². The zero-order valence-corrected chi connectivity index (χ0v) is 26.2. The molecule has 0 bridgehead atoms.